The zero-order chi connectivity index (χ0) is 19.1. The van der Waals surface area contributed by atoms with Gasteiger partial charge in [-0.15, -0.1) is 0 Å². The van der Waals surface area contributed by atoms with Gasteiger partial charge in [-0.05, 0) is 24.6 Å². The zero-order valence-corrected chi connectivity index (χ0v) is 15.8. The van der Waals surface area contributed by atoms with Gasteiger partial charge in [0.2, 0.25) is 5.95 Å². The van der Waals surface area contributed by atoms with Crippen molar-refractivity contribution in [3.63, 3.8) is 0 Å². The lowest BCUT2D eigenvalue weighted by molar-refractivity contribution is 0.210. The molecular formula is C21H24N4O2. The second kappa shape index (κ2) is 9.00. The van der Waals surface area contributed by atoms with Crippen molar-refractivity contribution in [3.05, 3.63) is 60.2 Å². The molecule has 3 aromatic rings. The Morgan fingerprint density at radius 1 is 0.963 bits per heavy atom. The largest absolute Gasteiger partial charge is 0.495 e. The fraction of sp³-hybridized carbons (Fsp3) is 0.238. The van der Waals surface area contributed by atoms with Crippen LogP contribution < -0.4 is 15.4 Å². The van der Waals surface area contributed by atoms with E-state index in [4.69, 9.17) is 9.47 Å². The topological polar surface area (TPSA) is 68.3 Å². The molecule has 0 fully saturated rings. The van der Waals surface area contributed by atoms with Gasteiger partial charge in [-0.3, -0.25) is 0 Å². The summed E-state index contributed by atoms with van der Waals surface area (Å²) in [7, 11) is 3.32. The third-order valence-electron chi connectivity index (χ3n) is 4.00. The van der Waals surface area contributed by atoms with Gasteiger partial charge in [0, 0.05) is 25.3 Å². The first kappa shape index (κ1) is 18.7. The number of hydrogen-bond acceptors (Lipinski definition) is 6. The number of nitrogens with one attached hydrogen (secondary N) is 2. The number of aryl methyl sites for hydroxylation is 1. The van der Waals surface area contributed by atoms with E-state index in [9.17, 15) is 0 Å². The van der Waals surface area contributed by atoms with Gasteiger partial charge in [-0.2, -0.15) is 4.98 Å². The standard InChI is InChI=1S/C21H24N4O2/c1-15-9-10-19(27-3)18(13-15)23-20-14-17(16-7-5-4-6-8-16)24-21(25-20)22-11-12-26-2/h4-10,13-14H,11-12H2,1-3H3,(H2,22,23,24,25). The van der Waals surface area contributed by atoms with Crippen molar-refractivity contribution >= 4 is 17.5 Å². The maximum atomic E-state index is 5.46. The van der Waals surface area contributed by atoms with Gasteiger partial charge in [0.25, 0.3) is 0 Å². The molecule has 1 aromatic heterocycles. The van der Waals surface area contributed by atoms with Crippen molar-refractivity contribution in [2.24, 2.45) is 0 Å². The Hall–Kier alpha value is -3.12. The summed E-state index contributed by atoms with van der Waals surface area (Å²) in [5, 5.41) is 6.56. The number of nitrogens with zero attached hydrogens (tertiary/aromatic N) is 2. The fourth-order valence-electron chi connectivity index (χ4n) is 2.67. The van der Waals surface area contributed by atoms with Crippen LogP contribution in [0.1, 0.15) is 5.56 Å². The van der Waals surface area contributed by atoms with Gasteiger partial charge in [0.1, 0.15) is 11.6 Å². The molecule has 2 aromatic carbocycles. The van der Waals surface area contributed by atoms with Crippen molar-refractivity contribution in [1.29, 1.82) is 0 Å². The number of rotatable bonds is 8. The molecule has 6 heteroatoms. The predicted molar refractivity (Wildman–Crippen MR) is 109 cm³/mol. The average molecular weight is 364 g/mol. The first-order chi connectivity index (χ1) is 13.2. The molecule has 1 heterocycles. The summed E-state index contributed by atoms with van der Waals surface area (Å²) < 4.78 is 10.6. The van der Waals surface area contributed by atoms with Gasteiger partial charge in [0.05, 0.1) is 25.1 Å². The Balaban J connectivity index is 1.96. The summed E-state index contributed by atoms with van der Waals surface area (Å²) in [6.45, 7) is 3.24. The Bertz CT molecular complexity index is 885. The Morgan fingerprint density at radius 2 is 1.78 bits per heavy atom. The zero-order valence-electron chi connectivity index (χ0n) is 15.8. The maximum Gasteiger partial charge on any atom is 0.225 e. The lowest BCUT2D eigenvalue weighted by atomic mass is 10.1. The van der Waals surface area contributed by atoms with Crippen LogP contribution in [-0.2, 0) is 4.74 Å². The highest BCUT2D eigenvalue weighted by Gasteiger charge is 2.09. The number of benzene rings is 2. The minimum absolute atomic E-state index is 0.544. The molecule has 0 saturated heterocycles. The van der Waals surface area contributed by atoms with Crippen molar-refractivity contribution in [1.82, 2.24) is 9.97 Å². The minimum atomic E-state index is 0.544. The first-order valence-corrected chi connectivity index (χ1v) is 8.78. The monoisotopic (exact) mass is 364 g/mol. The molecule has 3 rings (SSSR count). The number of anilines is 3. The highest BCUT2D eigenvalue weighted by molar-refractivity contribution is 5.70. The molecule has 0 spiro atoms. The van der Waals surface area contributed by atoms with E-state index < -0.39 is 0 Å². The molecular weight excluding hydrogens is 340 g/mol. The molecule has 0 amide bonds. The summed E-state index contributed by atoms with van der Waals surface area (Å²) >= 11 is 0. The third-order valence-corrected chi connectivity index (χ3v) is 4.00. The van der Waals surface area contributed by atoms with Crippen molar-refractivity contribution < 1.29 is 9.47 Å². The van der Waals surface area contributed by atoms with Gasteiger partial charge >= 0.3 is 0 Å². The summed E-state index contributed by atoms with van der Waals surface area (Å²) in [6, 6.07) is 17.9. The van der Waals surface area contributed by atoms with Gasteiger partial charge in [-0.25, -0.2) is 4.98 Å². The van der Waals surface area contributed by atoms with Crippen molar-refractivity contribution in [2.45, 2.75) is 6.92 Å². The molecule has 0 saturated carbocycles. The lowest BCUT2D eigenvalue weighted by Crippen LogP contribution is -2.11. The van der Waals surface area contributed by atoms with Crippen molar-refractivity contribution in [2.75, 3.05) is 38.0 Å². The average Bonchev–Trinajstić information content (AvgIpc) is 2.69. The summed E-state index contributed by atoms with van der Waals surface area (Å²) in [4.78, 5) is 9.21. The van der Waals surface area contributed by atoms with E-state index in [1.165, 1.54) is 0 Å². The molecule has 0 aliphatic carbocycles. The number of hydrogen-bond donors (Lipinski definition) is 2. The van der Waals surface area contributed by atoms with E-state index in [2.05, 4.69) is 20.6 Å². The third kappa shape index (κ3) is 4.95. The van der Waals surface area contributed by atoms with Crippen LogP contribution in [0.25, 0.3) is 11.3 Å². The number of ether oxygens (including phenoxy) is 2. The van der Waals surface area contributed by atoms with Gasteiger partial charge < -0.3 is 20.1 Å². The van der Waals surface area contributed by atoms with Crippen LogP contribution in [0.5, 0.6) is 5.75 Å². The Kier molecular flexibility index (Phi) is 6.22. The molecule has 0 atom stereocenters. The number of aromatic nitrogens is 2. The number of methoxy groups -OCH3 is 2. The van der Waals surface area contributed by atoms with E-state index >= 15 is 0 Å². The highest BCUT2D eigenvalue weighted by Crippen LogP contribution is 2.29. The highest BCUT2D eigenvalue weighted by atomic mass is 16.5. The molecule has 140 valence electrons. The van der Waals surface area contributed by atoms with Gasteiger partial charge in [0.15, 0.2) is 0 Å². The first-order valence-electron chi connectivity index (χ1n) is 8.78. The van der Waals surface area contributed by atoms with E-state index in [1.807, 2.05) is 61.5 Å². The van der Waals surface area contributed by atoms with Gasteiger partial charge in [-0.1, -0.05) is 36.4 Å². The van der Waals surface area contributed by atoms with Crippen molar-refractivity contribution in [3.8, 4) is 17.0 Å². The lowest BCUT2D eigenvalue weighted by Gasteiger charge is -2.14. The quantitative estimate of drug-likeness (QED) is 0.582. The Labute approximate surface area is 159 Å². The normalized spacial score (nSPS) is 10.5. The van der Waals surface area contributed by atoms with E-state index in [1.54, 1.807) is 14.2 Å². The Morgan fingerprint density at radius 3 is 2.52 bits per heavy atom. The second-order valence-corrected chi connectivity index (χ2v) is 6.08. The molecule has 6 nitrogen and oxygen atoms in total. The molecule has 0 bridgehead atoms. The second-order valence-electron chi connectivity index (χ2n) is 6.08. The predicted octanol–water partition coefficient (Wildman–Crippen LogP) is 4.26. The molecule has 27 heavy (non-hydrogen) atoms. The van der Waals surface area contributed by atoms with E-state index in [-0.39, 0.29) is 0 Å². The van der Waals surface area contributed by atoms with Crippen LogP contribution in [0.3, 0.4) is 0 Å². The van der Waals surface area contributed by atoms with Crippen LogP contribution >= 0.6 is 0 Å². The van der Waals surface area contributed by atoms with Crippen LogP contribution in [-0.4, -0.2) is 37.3 Å². The molecule has 0 unspecified atom stereocenters. The van der Waals surface area contributed by atoms with Crippen LogP contribution in [0.15, 0.2) is 54.6 Å². The molecule has 2 N–H and O–H groups in total. The summed E-state index contributed by atoms with van der Waals surface area (Å²) in [6.07, 6.45) is 0. The van der Waals surface area contributed by atoms with Crippen LogP contribution in [0.2, 0.25) is 0 Å². The maximum absolute atomic E-state index is 5.46. The summed E-state index contributed by atoms with van der Waals surface area (Å²) in [5.41, 5.74) is 3.85. The molecule has 0 aliphatic rings. The SMILES string of the molecule is COCCNc1nc(Nc2cc(C)ccc2OC)cc(-c2ccccc2)n1. The molecule has 0 aliphatic heterocycles. The van der Waals surface area contributed by atoms with Crippen LogP contribution in [0, 0.1) is 6.92 Å². The smallest absolute Gasteiger partial charge is 0.225 e. The van der Waals surface area contributed by atoms with E-state index in [0.29, 0.717) is 24.9 Å². The summed E-state index contributed by atoms with van der Waals surface area (Å²) in [5.74, 6) is 1.99. The minimum Gasteiger partial charge on any atom is -0.495 e. The fourth-order valence-corrected chi connectivity index (χ4v) is 2.67. The molecule has 0 radical (unpaired) electrons. The van der Waals surface area contributed by atoms with E-state index in [0.717, 1.165) is 28.3 Å². The van der Waals surface area contributed by atoms with Crippen LogP contribution in [0.4, 0.5) is 17.5 Å².